The number of carbonyl (C=O) groups is 1. The first-order valence-electron chi connectivity index (χ1n) is 14.5. The highest BCUT2D eigenvalue weighted by Gasteiger charge is 2.34. The zero-order chi connectivity index (χ0) is 28.5. The smallest absolute Gasteiger partial charge is 0.407 e. The molecule has 3 aromatic rings. The molecule has 214 valence electrons. The molecular weight excluding hydrogens is 518 g/mol. The van der Waals surface area contributed by atoms with Crippen LogP contribution in [-0.4, -0.2) is 89.4 Å². The number of nitriles is 1. The maximum atomic E-state index is 11.8. The van der Waals surface area contributed by atoms with Gasteiger partial charge in [0.05, 0.1) is 30.8 Å². The molecule has 1 amide bonds. The first-order chi connectivity index (χ1) is 19.9. The lowest BCUT2D eigenvalue weighted by Gasteiger charge is -2.41. The van der Waals surface area contributed by atoms with Gasteiger partial charge in [0.15, 0.2) is 0 Å². The topological polar surface area (TPSA) is 109 Å². The Bertz CT molecular complexity index is 1480. The van der Waals surface area contributed by atoms with Crippen LogP contribution in [-0.2, 0) is 13.0 Å². The molecule has 0 bridgehead atoms. The monoisotopic (exact) mass is 555 g/mol. The summed E-state index contributed by atoms with van der Waals surface area (Å²) in [5, 5.41) is 21.6. The lowest BCUT2D eigenvalue weighted by atomic mass is 9.99. The third-order valence-electron chi connectivity index (χ3n) is 8.89. The van der Waals surface area contributed by atoms with Gasteiger partial charge in [0, 0.05) is 48.9 Å². The lowest BCUT2D eigenvalue weighted by Crippen LogP contribution is -2.55. The third-order valence-corrected chi connectivity index (χ3v) is 8.89. The molecule has 3 aliphatic rings. The number of aryl methyl sites for hydroxylation is 1. The van der Waals surface area contributed by atoms with Gasteiger partial charge in [-0.15, -0.1) is 0 Å². The molecule has 0 spiro atoms. The van der Waals surface area contributed by atoms with E-state index >= 15 is 0 Å². The van der Waals surface area contributed by atoms with E-state index in [1.807, 2.05) is 0 Å². The molecule has 2 fully saturated rings. The molecule has 10 nitrogen and oxygen atoms in total. The van der Waals surface area contributed by atoms with Gasteiger partial charge in [-0.2, -0.15) is 15.2 Å². The molecule has 3 aliphatic heterocycles. The van der Waals surface area contributed by atoms with E-state index in [2.05, 4.69) is 71.1 Å². The second-order valence-corrected chi connectivity index (χ2v) is 11.4. The SMILES string of the molecule is Cc1cccc2cccc(N3CCc4c(nc(OC[C@@H]5CCCN5C)nc4N4CCN(C(=O)O)[C@@H](CC#N)C4)C3)c12. The normalized spacial score (nSPS) is 21.1. The molecule has 0 radical (unpaired) electrons. The van der Waals surface area contributed by atoms with Crippen LogP contribution in [0.4, 0.5) is 16.3 Å². The minimum Gasteiger partial charge on any atom is -0.465 e. The van der Waals surface area contributed by atoms with Gasteiger partial charge in [-0.3, -0.25) is 0 Å². The van der Waals surface area contributed by atoms with E-state index in [0.717, 1.165) is 49.4 Å². The quantitative estimate of drug-likeness (QED) is 0.482. The number of piperazine rings is 1. The molecule has 0 aliphatic carbocycles. The molecule has 41 heavy (non-hydrogen) atoms. The highest BCUT2D eigenvalue weighted by Crippen LogP contribution is 2.36. The van der Waals surface area contributed by atoms with Crippen LogP contribution < -0.4 is 14.5 Å². The van der Waals surface area contributed by atoms with Crippen LogP contribution in [0.1, 0.15) is 36.1 Å². The van der Waals surface area contributed by atoms with Gasteiger partial charge in [0.2, 0.25) is 0 Å². The van der Waals surface area contributed by atoms with Crippen molar-refractivity contribution in [2.24, 2.45) is 0 Å². The summed E-state index contributed by atoms with van der Waals surface area (Å²) in [5.74, 6) is 0.812. The Balaban J connectivity index is 1.34. The van der Waals surface area contributed by atoms with E-state index in [1.165, 1.54) is 26.9 Å². The van der Waals surface area contributed by atoms with Gasteiger partial charge in [-0.25, -0.2) is 4.79 Å². The van der Waals surface area contributed by atoms with Crippen LogP contribution in [0.15, 0.2) is 36.4 Å². The van der Waals surface area contributed by atoms with Crippen LogP contribution >= 0.6 is 0 Å². The van der Waals surface area contributed by atoms with Gasteiger partial charge in [-0.05, 0) is 56.8 Å². The number of rotatable bonds is 6. The molecule has 1 aromatic heterocycles. The fraction of sp³-hybridized carbons (Fsp3) is 0.484. The van der Waals surface area contributed by atoms with Crippen LogP contribution in [0.2, 0.25) is 0 Å². The maximum Gasteiger partial charge on any atom is 0.407 e. The number of benzene rings is 2. The van der Waals surface area contributed by atoms with Crippen molar-refractivity contribution in [2.45, 2.75) is 51.2 Å². The third kappa shape index (κ3) is 5.34. The van der Waals surface area contributed by atoms with Crippen molar-refractivity contribution < 1.29 is 14.6 Å². The van der Waals surface area contributed by atoms with Crippen molar-refractivity contribution in [1.29, 1.82) is 5.26 Å². The molecule has 2 atom stereocenters. The van der Waals surface area contributed by atoms with Crippen LogP contribution in [0.3, 0.4) is 0 Å². The predicted octanol–water partition coefficient (Wildman–Crippen LogP) is 4.06. The number of amides is 1. The van der Waals surface area contributed by atoms with Crippen LogP contribution in [0.25, 0.3) is 10.8 Å². The Morgan fingerprint density at radius 3 is 2.68 bits per heavy atom. The molecule has 2 aromatic carbocycles. The molecule has 1 N–H and O–H groups in total. The lowest BCUT2D eigenvalue weighted by molar-refractivity contribution is 0.119. The van der Waals surface area contributed by atoms with Crippen LogP contribution in [0.5, 0.6) is 6.01 Å². The highest BCUT2D eigenvalue weighted by atomic mass is 16.5. The average molecular weight is 556 g/mol. The van der Waals surface area contributed by atoms with Crippen molar-refractivity contribution in [3.63, 3.8) is 0 Å². The molecule has 2 saturated heterocycles. The van der Waals surface area contributed by atoms with Crippen molar-refractivity contribution in [3.05, 3.63) is 53.2 Å². The first kappa shape index (κ1) is 27.1. The van der Waals surface area contributed by atoms with E-state index in [4.69, 9.17) is 14.7 Å². The van der Waals surface area contributed by atoms with Gasteiger partial charge >= 0.3 is 12.1 Å². The number of carboxylic acid groups (broad SMARTS) is 1. The van der Waals surface area contributed by atoms with E-state index in [9.17, 15) is 15.2 Å². The number of aromatic nitrogens is 2. The molecule has 4 heterocycles. The number of fused-ring (bicyclic) bond motifs is 2. The van der Waals surface area contributed by atoms with Gasteiger partial charge in [-0.1, -0.05) is 30.3 Å². The van der Waals surface area contributed by atoms with Gasteiger partial charge in [0.1, 0.15) is 12.4 Å². The minimum atomic E-state index is -0.986. The summed E-state index contributed by atoms with van der Waals surface area (Å²) in [7, 11) is 2.13. The summed E-state index contributed by atoms with van der Waals surface area (Å²) in [4.78, 5) is 29.9. The summed E-state index contributed by atoms with van der Waals surface area (Å²) in [6.07, 6.45) is 2.17. The van der Waals surface area contributed by atoms with Crippen molar-refractivity contribution >= 4 is 28.4 Å². The Morgan fingerprint density at radius 1 is 1.10 bits per heavy atom. The fourth-order valence-electron chi connectivity index (χ4n) is 6.63. The second-order valence-electron chi connectivity index (χ2n) is 11.4. The van der Waals surface area contributed by atoms with Crippen LogP contribution in [0, 0.1) is 18.3 Å². The van der Waals surface area contributed by atoms with E-state index in [-0.39, 0.29) is 6.42 Å². The number of hydrogen-bond donors (Lipinski definition) is 1. The molecular formula is C31H37N7O3. The zero-order valence-corrected chi connectivity index (χ0v) is 23.8. The Kier molecular flexibility index (Phi) is 7.54. The number of anilines is 2. The zero-order valence-electron chi connectivity index (χ0n) is 23.8. The Hall–Kier alpha value is -4.10. The number of nitrogens with zero attached hydrogens (tertiary/aromatic N) is 7. The summed E-state index contributed by atoms with van der Waals surface area (Å²) in [6.45, 7) is 6.46. The van der Waals surface area contributed by atoms with Gasteiger partial charge < -0.3 is 29.4 Å². The summed E-state index contributed by atoms with van der Waals surface area (Å²) < 4.78 is 6.26. The Morgan fingerprint density at radius 2 is 1.93 bits per heavy atom. The molecule has 10 heteroatoms. The number of likely N-dealkylation sites (N-methyl/N-ethyl adjacent to an activating group) is 1. The molecule has 6 rings (SSSR count). The van der Waals surface area contributed by atoms with Crippen molar-refractivity contribution in [3.8, 4) is 12.1 Å². The average Bonchev–Trinajstić information content (AvgIpc) is 3.39. The number of likely N-dealkylation sites (tertiary alicyclic amines) is 1. The molecule has 0 unspecified atom stereocenters. The van der Waals surface area contributed by atoms with E-state index < -0.39 is 12.1 Å². The number of hydrogen-bond acceptors (Lipinski definition) is 8. The maximum absolute atomic E-state index is 11.8. The van der Waals surface area contributed by atoms with Crippen molar-refractivity contribution in [1.82, 2.24) is 19.8 Å². The van der Waals surface area contributed by atoms with Crippen molar-refractivity contribution in [2.75, 3.05) is 56.2 Å². The summed E-state index contributed by atoms with van der Waals surface area (Å²) in [6, 6.07) is 15.3. The number of ether oxygens (including phenoxy) is 1. The minimum absolute atomic E-state index is 0.141. The second kappa shape index (κ2) is 11.4. The summed E-state index contributed by atoms with van der Waals surface area (Å²) in [5.41, 5.74) is 4.48. The largest absolute Gasteiger partial charge is 0.465 e. The fourth-order valence-corrected chi connectivity index (χ4v) is 6.63. The highest BCUT2D eigenvalue weighted by molar-refractivity contribution is 5.97. The predicted molar refractivity (Wildman–Crippen MR) is 158 cm³/mol. The standard InChI is InChI=1S/C31H37N7O3/c1-21-6-3-7-22-8-4-10-27(28(21)22)36-15-12-25-26(19-36)33-30(41-20-24-9-5-14-35(24)2)34-29(25)37-16-17-38(31(39)40)23(18-37)11-13-32/h3-4,6-8,10,23-24H,5,9,11-12,14-20H2,1-2H3,(H,39,40)/t23-,24-/m0/s1. The van der Waals surface area contributed by atoms with E-state index in [0.29, 0.717) is 44.8 Å². The van der Waals surface area contributed by atoms with Gasteiger partial charge in [0.25, 0.3) is 0 Å². The first-order valence-corrected chi connectivity index (χ1v) is 14.5. The Labute approximate surface area is 240 Å². The summed E-state index contributed by atoms with van der Waals surface area (Å²) >= 11 is 0. The molecule has 0 saturated carbocycles. The van der Waals surface area contributed by atoms with E-state index in [1.54, 1.807) is 0 Å².